The molecule has 0 radical (unpaired) electrons. The van der Waals surface area contributed by atoms with Crippen LogP contribution in [-0.2, 0) is 0 Å². The third kappa shape index (κ3) is 3.40. The zero-order valence-corrected chi connectivity index (χ0v) is 11.3. The number of phenolic OH excluding ortho intramolecular Hbond substituents is 2. The maximum absolute atomic E-state index is 12.0. The van der Waals surface area contributed by atoms with Gasteiger partial charge >= 0.3 is 0 Å². The van der Waals surface area contributed by atoms with E-state index in [1.165, 1.54) is 37.5 Å². The van der Waals surface area contributed by atoms with Crippen molar-refractivity contribution in [3.8, 4) is 11.5 Å². The van der Waals surface area contributed by atoms with E-state index in [0.717, 1.165) is 12.8 Å². The average molecular weight is 263 g/mol. The summed E-state index contributed by atoms with van der Waals surface area (Å²) in [5.74, 6) is -0.462. The van der Waals surface area contributed by atoms with Crippen LogP contribution in [0.3, 0.4) is 0 Å². The molecule has 0 aromatic heterocycles. The van der Waals surface area contributed by atoms with Crippen molar-refractivity contribution in [3.63, 3.8) is 0 Å². The smallest absolute Gasteiger partial charge is 0.255 e. The van der Waals surface area contributed by atoms with E-state index in [-0.39, 0.29) is 28.4 Å². The summed E-state index contributed by atoms with van der Waals surface area (Å²) in [5, 5.41) is 21.9. The van der Waals surface area contributed by atoms with Crippen molar-refractivity contribution in [2.24, 2.45) is 5.41 Å². The van der Waals surface area contributed by atoms with Crippen molar-refractivity contribution >= 4 is 5.91 Å². The van der Waals surface area contributed by atoms with Crippen LogP contribution in [0.4, 0.5) is 0 Å². The van der Waals surface area contributed by atoms with Gasteiger partial charge in [-0.15, -0.1) is 0 Å². The van der Waals surface area contributed by atoms with E-state index in [1.54, 1.807) is 0 Å². The fourth-order valence-corrected chi connectivity index (χ4v) is 2.68. The number of nitrogens with one attached hydrogen (secondary N) is 1. The van der Waals surface area contributed by atoms with Crippen LogP contribution >= 0.6 is 0 Å². The number of aromatic hydroxyl groups is 2. The fourth-order valence-electron chi connectivity index (χ4n) is 2.68. The first-order valence-corrected chi connectivity index (χ1v) is 6.80. The Morgan fingerprint density at radius 3 is 2.63 bits per heavy atom. The monoisotopic (exact) mass is 263 g/mol. The van der Waals surface area contributed by atoms with E-state index in [2.05, 4.69) is 12.2 Å². The molecule has 0 unspecified atom stereocenters. The molecule has 0 atom stereocenters. The van der Waals surface area contributed by atoms with E-state index >= 15 is 0 Å². The van der Waals surface area contributed by atoms with Gasteiger partial charge in [0.05, 0.1) is 5.56 Å². The van der Waals surface area contributed by atoms with Crippen molar-refractivity contribution < 1.29 is 15.0 Å². The van der Waals surface area contributed by atoms with Gasteiger partial charge in [0.15, 0.2) is 0 Å². The Balaban J connectivity index is 1.99. The molecular formula is C15H21NO3. The lowest BCUT2D eigenvalue weighted by Crippen LogP contribution is -2.37. The van der Waals surface area contributed by atoms with Gasteiger partial charge < -0.3 is 15.5 Å². The molecule has 1 amide bonds. The normalized spacial score (nSPS) is 17.9. The number of carbonyl (C=O) groups is 1. The van der Waals surface area contributed by atoms with Gasteiger partial charge in [-0.25, -0.2) is 0 Å². The molecule has 3 N–H and O–H groups in total. The Kier molecular flexibility index (Phi) is 3.98. The summed E-state index contributed by atoms with van der Waals surface area (Å²) in [5.41, 5.74) is 0.278. The number of rotatable bonds is 3. The summed E-state index contributed by atoms with van der Waals surface area (Å²) in [7, 11) is 0. The first-order chi connectivity index (χ1) is 9.00. The molecule has 0 bridgehead atoms. The van der Waals surface area contributed by atoms with Gasteiger partial charge in [0.25, 0.3) is 5.91 Å². The second kappa shape index (κ2) is 5.51. The Bertz CT molecular complexity index is 464. The lowest BCUT2D eigenvalue weighted by atomic mass is 9.76. The number of carbonyl (C=O) groups excluding carboxylic acids is 1. The molecule has 2 rings (SSSR count). The van der Waals surface area contributed by atoms with Gasteiger partial charge in [0.1, 0.15) is 11.5 Å². The molecule has 1 aliphatic rings. The van der Waals surface area contributed by atoms with Crippen LogP contribution in [0.25, 0.3) is 0 Å². The largest absolute Gasteiger partial charge is 0.508 e. The molecule has 0 heterocycles. The Labute approximate surface area is 113 Å². The molecule has 1 saturated carbocycles. The molecule has 1 fully saturated rings. The van der Waals surface area contributed by atoms with Crippen LogP contribution in [0.15, 0.2) is 18.2 Å². The van der Waals surface area contributed by atoms with E-state index in [1.807, 2.05) is 0 Å². The topological polar surface area (TPSA) is 69.6 Å². The highest BCUT2D eigenvalue weighted by atomic mass is 16.3. The van der Waals surface area contributed by atoms with Crippen molar-refractivity contribution in [2.75, 3.05) is 6.54 Å². The summed E-state index contributed by atoms with van der Waals surface area (Å²) in [6.07, 6.45) is 5.95. The predicted molar refractivity (Wildman–Crippen MR) is 73.3 cm³/mol. The summed E-state index contributed by atoms with van der Waals surface area (Å²) < 4.78 is 0. The molecule has 0 saturated heterocycles. The van der Waals surface area contributed by atoms with Gasteiger partial charge in [0.2, 0.25) is 0 Å². The molecule has 4 nitrogen and oxygen atoms in total. The number of benzene rings is 1. The van der Waals surface area contributed by atoms with Crippen LogP contribution < -0.4 is 5.32 Å². The number of amides is 1. The fraction of sp³-hybridized carbons (Fsp3) is 0.533. The van der Waals surface area contributed by atoms with Crippen LogP contribution in [0.1, 0.15) is 49.4 Å². The standard InChI is InChI=1S/C15H21NO3/c1-15(7-3-2-4-8-15)10-16-14(19)12-9-11(17)5-6-13(12)18/h5-6,9,17-18H,2-4,7-8,10H2,1H3,(H,16,19). The summed E-state index contributed by atoms with van der Waals surface area (Å²) in [4.78, 5) is 12.0. The lowest BCUT2D eigenvalue weighted by molar-refractivity contribution is 0.0916. The maximum atomic E-state index is 12.0. The highest BCUT2D eigenvalue weighted by Gasteiger charge is 2.27. The van der Waals surface area contributed by atoms with E-state index in [0.29, 0.717) is 6.54 Å². The quantitative estimate of drug-likeness (QED) is 0.734. The Hall–Kier alpha value is -1.71. The molecular weight excluding hydrogens is 242 g/mol. The molecule has 19 heavy (non-hydrogen) atoms. The summed E-state index contributed by atoms with van der Waals surface area (Å²) in [6, 6.07) is 3.97. The SMILES string of the molecule is CC1(CNC(=O)c2cc(O)ccc2O)CCCCC1. The minimum atomic E-state index is -0.333. The summed E-state index contributed by atoms with van der Waals surface area (Å²) in [6.45, 7) is 2.80. The number of hydrogen-bond donors (Lipinski definition) is 3. The lowest BCUT2D eigenvalue weighted by Gasteiger charge is -2.33. The Morgan fingerprint density at radius 1 is 1.26 bits per heavy atom. The average Bonchev–Trinajstić information content (AvgIpc) is 2.40. The minimum absolute atomic E-state index is 0.0215. The highest BCUT2D eigenvalue weighted by molar-refractivity contribution is 5.97. The van der Waals surface area contributed by atoms with Gasteiger partial charge in [-0.1, -0.05) is 26.2 Å². The number of hydrogen-bond acceptors (Lipinski definition) is 3. The van der Waals surface area contributed by atoms with Crippen molar-refractivity contribution in [2.45, 2.75) is 39.0 Å². The highest BCUT2D eigenvalue weighted by Crippen LogP contribution is 2.35. The minimum Gasteiger partial charge on any atom is -0.508 e. The second-order valence-electron chi connectivity index (χ2n) is 5.76. The van der Waals surface area contributed by atoms with Gasteiger partial charge in [-0.05, 0) is 36.5 Å². The van der Waals surface area contributed by atoms with Crippen molar-refractivity contribution in [1.29, 1.82) is 0 Å². The van der Waals surface area contributed by atoms with Crippen LogP contribution in [-0.4, -0.2) is 22.7 Å². The van der Waals surface area contributed by atoms with Gasteiger partial charge in [-0.2, -0.15) is 0 Å². The van der Waals surface area contributed by atoms with Gasteiger partial charge in [0, 0.05) is 6.54 Å². The van der Waals surface area contributed by atoms with Crippen LogP contribution in [0.2, 0.25) is 0 Å². The van der Waals surface area contributed by atoms with Gasteiger partial charge in [-0.3, -0.25) is 4.79 Å². The van der Waals surface area contributed by atoms with Crippen molar-refractivity contribution in [1.82, 2.24) is 5.32 Å². The molecule has 1 aliphatic carbocycles. The summed E-state index contributed by atoms with van der Waals surface area (Å²) >= 11 is 0. The maximum Gasteiger partial charge on any atom is 0.255 e. The third-order valence-corrected chi connectivity index (χ3v) is 3.96. The van der Waals surface area contributed by atoms with Crippen LogP contribution in [0, 0.1) is 5.41 Å². The van der Waals surface area contributed by atoms with E-state index < -0.39 is 0 Å². The molecule has 4 heteroatoms. The molecule has 1 aromatic carbocycles. The van der Waals surface area contributed by atoms with E-state index in [4.69, 9.17) is 0 Å². The van der Waals surface area contributed by atoms with Crippen molar-refractivity contribution in [3.05, 3.63) is 23.8 Å². The predicted octanol–water partition coefficient (Wildman–Crippen LogP) is 2.80. The molecule has 0 aliphatic heterocycles. The zero-order valence-electron chi connectivity index (χ0n) is 11.3. The Morgan fingerprint density at radius 2 is 1.95 bits per heavy atom. The third-order valence-electron chi connectivity index (χ3n) is 3.96. The second-order valence-corrected chi connectivity index (χ2v) is 5.76. The molecule has 104 valence electrons. The molecule has 0 spiro atoms. The van der Waals surface area contributed by atoms with Crippen LogP contribution in [0.5, 0.6) is 11.5 Å². The van der Waals surface area contributed by atoms with E-state index in [9.17, 15) is 15.0 Å². The number of phenols is 2. The first-order valence-electron chi connectivity index (χ1n) is 6.80. The first kappa shape index (κ1) is 13.7. The zero-order chi connectivity index (χ0) is 13.9. The molecule has 1 aromatic rings.